The molecule has 8 heteroatoms. The number of esters is 1. The van der Waals surface area contributed by atoms with E-state index in [2.05, 4.69) is 15.5 Å². The van der Waals surface area contributed by atoms with Gasteiger partial charge in [0.2, 0.25) is 5.78 Å². The van der Waals surface area contributed by atoms with Gasteiger partial charge in [-0.3, -0.25) is 4.79 Å². The molecule has 27 heavy (non-hydrogen) atoms. The fraction of sp³-hybridized carbons (Fsp3) is 0.211. The van der Waals surface area contributed by atoms with Crippen LogP contribution in [0, 0.1) is 0 Å². The Labute approximate surface area is 155 Å². The third-order valence-electron chi connectivity index (χ3n) is 3.82. The van der Waals surface area contributed by atoms with Crippen LogP contribution in [0.25, 0.3) is 5.69 Å². The second kappa shape index (κ2) is 8.22. The summed E-state index contributed by atoms with van der Waals surface area (Å²) in [6, 6.07) is 13.3. The van der Waals surface area contributed by atoms with Crippen LogP contribution in [0.4, 0.5) is 0 Å². The van der Waals surface area contributed by atoms with E-state index in [0.717, 1.165) is 0 Å². The van der Waals surface area contributed by atoms with E-state index >= 15 is 0 Å². The topological polar surface area (TPSA) is 96.2 Å². The van der Waals surface area contributed by atoms with E-state index in [1.165, 1.54) is 11.0 Å². The van der Waals surface area contributed by atoms with Gasteiger partial charge in [0.1, 0.15) is 12.1 Å². The van der Waals surface area contributed by atoms with Gasteiger partial charge in [-0.1, -0.05) is 0 Å². The lowest BCUT2D eigenvalue weighted by Gasteiger charge is -2.13. The molecule has 0 aliphatic heterocycles. The zero-order chi connectivity index (χ0) is 19.2. The second-order valence-corrected chi connectivity index (χ2v) is 5.67. The van der Waals surface area contributed by atoms with Crippen molar-refractivity contribution in [2.75, 3.05) is 6.61 Å². The van der Waals surface area contributed by atoms with E-state index < -0.39 is 12.1 Å². The lowest BCUT2D eigenvalue weighted by molar-refractivity contribution is 0.0319. The summed E-state index contributed by atoms with van der Waals surface area (Å²) in [6.45, 7) is 3.98. The molecular weight excluding hydrogens is 348 g/mol. The van der Waals surface area contributed by atoms with Gasteiger partial charge in [-0.05, 0) is 72.8 Å². The van der Waals surface area contributed by atoms with Crippen molar-refractivity contribution in [2.45, 2.75) is 20.0 Å². The van der Waals surface area contributed by atoms with Gasteiger partial charge in [-0.25, -0.2) is 9.48 Å². The Bertz CT molecular complexity index is 906. The van der Waals surface area contributed by atoms with E-state index in [1.807, 2.05) is 6.92 Å². The van der Waals surface area contributed by atoms with Crippen LogP contribution in [-0.2, 0) is 4.74 Å². The molecule has 8 nitrogen and oxygen atoms in total. The van der Waals surface area contributed by atoms with E-state index in [1.54, 1.807) is 55.5 Å². The summed E-state index contributed by atoms with van der Waals surface area (Å²) in [4.78, 5) is 24.7. The molecule has 0 spiro atoms. The third-order valence-corrected chi connectivity index (χ3v) is 3.82. The number of ether oxygens (including phenoxy) is 2. The van der Waals surface area contributed by atoms with Crippen molar-refractivity contribution < 1.29 is 19.1 Å². The average Bonchev–Trinajstić information content (AvgIpc) is 3.23. The molecule has 3 aromatic rings. The van der Waals surface area contributed by atoms with Gasteiger partial charge in [-0.15, -0.1) is 5.10 Å². The number of hydrogen-bond acceptors (Lipinski definition) is 7. The first-order valence-corrected chi connectivity index (χ1v) is 8.40. The first kappa shape index (κ1) is 18.2. The maximum Gasteiger partial charge on any atom is 0.338 e. The maximum atomic E-state index is 12.4. The number of rotatable bonds is 7. The lowest BCUT2D eigenvalue weighted by Crippen LogP contribution is -2.24. The molecule has 1 atom stereocenters. The molecule has 1 heterocycles. The molecule has 0 unspecified atom stereocenters. The van der Waals surface area contributed by atoms with Gasteiger partial charge in [0.05, 0.1) is 17.9 Å². The number of Topliss-reactive ketones (excluding diaryl/α,β-unsaturated/α-hetero) is 1. The Balaban J connectivity index is 1.63. The number of nitrogens with zero attached hydrogens (tertiary/aromatic N) is 4. The van der Waals surface area contributed by atoms with Crippen LogP contribution in [-0.4, -0.2) is 44.7 Å². The highest BCUT2D eigenvalue weighted by atomic mass is 16.5. The van der Waals surface area contributed by atoms with Gasteiger partial charge in [-0.2, -0.15) is 0 Å². The van der Waals surface area contributed by atoms with Crippen molar-refractivity contribution in [2.24, 2.45) is 0 Å². The summed E-state index contributed by atoms with van der Waals surface area (Å²) >= 11 is 0. The summed E-state index contributed by atoms with van der Waals surface area (Å²) in [7, 11) is 0. The molecule has 0 fully saturated rings. The molecule has 138 valence electrons. The van der Waals surface area contributed by atoms with Crippen molar-refractivity contribution in [3.8, 4) is 11.4 Å². The molecule has 0 N–H and O–H groups in total. The van der Waals surface area contributed by atoms with Gasteiger partial charge >= 0.3 is 5.97 Å². The fourth-order valence-electron chi connectivity index (χ4n) is 2.43. The number of tetrazole rings is 1. The first-order valence-electron chi connectivity index (χ1n) is 8.40. The van der Waals surface area contributed by atoms with Crippen molar-refractivity contribution in [3.63, 3.8) is 0 Å². The molecule has 2 aromatic carbocycles. The number of carbonyl (C=O) groups is 2. The molecule has 0 amide bonds. The molecule has 1 aromatic heterocycles. The lowest BCUT2D eigenvalue weighted by atomic mass is 10.1. The van der Waals surface area contributed by atoms with Crippen molar-refractivity contribution in [1.29, 1.82) is 0 Å². The van der Waals surface area contributed by atoms with Crippen LogP contribution in [0.1, 0.15) is 34.6 Å². The van der Waals surface area contributed by atoms with E-state index in [-0.39, 0.29) is 5.78 Å². The smallest absolute Gasteiger partial charge is 0.338 e. The minimum Gasteiger partial charge on any atom is -0.494 e. The van der Waals surface area contributed by atoms with E-state index in [0.29, 0.717) is 29.2 Å². The third kappa shape index (κ3) is 4.35. The Morgan fingerprint density at radius 2 is 1.70 bits per heavy atom. The molecule has 0 saturated heterocycles. The summed E-state index contributed by atoms with van der Waals surface area (Å²) in [5.41, 5.74) is 1.49. The normalized spacial score (nSPS) is 11.6. The number of ketones is 1. The van der Waals surface area contributed by atoms with Gasteiger partial charge in [0, 0.05) is 5.56 Å². The number of hydrogen-bond donors (Lipinski definition) is 0. The van der Waals surface area contributed by atoms with E-state index in [9.17, 15) is 9.59 Å². The Kier molecular flexibility index (Phi) is 5.55. The van der Waals surface area contributed by atoms with Crippen LogP contribution in [0.2, 0.25) is 0 Å². The minimum atomic E-state index is -0.908. The largest absolute Gasteiger partial charge is 0.494 e. The predicted octanol–water partition coefficient (Wildman–Crippen LogP) is 2.49. The molecule has 3 rings (SSSR count). The van der Waals surface area contributed by atoms with E-state index in [4.69, 9.17) is 9.47 Å². The molecule has 0 saturated carbocycles. The molecule has 0 aliphatic rings. The van der Waals surface area contributed by atoms with Crippen LogP contribution in [0.15, 0.2) is 54.9 Å². The van der Waals surface area contributed by atoms with Crippen LogP contribution >= 0.6 is 0 Å². The highest BCUT2D eigenvalue weighted by Crippen LogP contribution is 2.16. The minimum absolute atomic E-state index is 0.281. The number of benzene rings is 2. The molecule has 0 radical (unpaired) electrons. The van der Waals surface area contributed by atoms with Gasteiger partial charge < -0.3 is 9.47 Å². The average molecular weight is 366 g/mol. The van der Waals surface area contributed by atoms with Crippen molar-refractivity contribution in [1.82, 2.24) is 20.2 Å². The highest BCUT2D eigenvalue weighted by molar-refractivity contribution is 6.01. The molecular formula is C19H18N4O4. The summed E-state index contributed by atoms with van der Waals surface area (Å²) in [5, 5.41) is 10.9. The maximum absolute atomic E-state index is 12.4. The second-order valence-electron chi connectivity index (χ2n) is 5.67. The van der Waals surface area contributed by atoms with Crippen LogP contribution in [0.3, 0.4) is 0 Å². The van der Waals surface area contributed by atoms with Crippen molar-refractivity contribution in [3.05, 3.63) is 66.0 Å². The first-order chi connectivity index (χ1) is 13.1. The Hall–Kier alpha value is -3.55. The Morgan fingerprint density at radius 3 is 2.30 bits per heavy atom. The number of aromatic nitrogens is 4. The SMILES string of the molecule is CCOc1ccc(C(=O)[C@H](C)OC(=O)c2ccc(-n3cnnn3)cc2)cc1. The Morgan fingerprint density at radius 1 is 1.04 bits per heavy atom. The van der Waals surface area contributed by atoms with Crippen LogP contribution < -0.4 is 4.74 Å². The van der Waals surface area contributed by atoms with Gasteiger partial charge in [0.15, 0.2) is 6.10 Å². The monoisotopic (exact) mass is 366 g/mol. The predicted molar refractivity (Wildman–Crippen MR) is 96.0 cm³/mol. The fourth-order valence-corrected chi connectivity index (χ4v) is 2.43. The standard InChI is InChI=1S/C19H18N4O4/c1-3-26-17-10-6-14(7-11-17)18(24)13(2)27-19(25)15-4-8-16(9-5-15)23-12-20-21-22-23/h4-13H,3H2,1-2H3/t13-/m0/s1. The summed E-state index contributed by atoms with van der Waals surface area (Å²) < 4.78 is 12.1. The molecule has 0 aliphatic carbocycles. The number of carbonyl (C=O) groups excluding carboxylic acids is 2. The van der Waals surface area contributed by atoms with Crippen molar-refractivity contribution >= 4 is 11.8 Å². The highest BCUT2D eigenvalue weighted by Gasteiger charge is 2.20. The molecule has 0 bridgehead atoms. The summed E-state index contributed by atoms with van der Waals surface area (Å²) in [6.07, 6.45) is 0.542. The van der Waals surface area contributed by atoms with Crippen LogP contribution in [0.5, 0.6) is 5.75 Å². The quantitative estimate of drug-likeness (QED) is 0.468. The zero-order valence-electron chi connectivity index (χ0n) is 14.9. The summed E-state index contributed by atoms with van der Waals surface area (Å²) in [5.74, 6) is -0.178. The zero-order valence-corrected chi connectivity index (χ0v) is 14.9. The van der Waals surface area contributed by atoms with Gasteiger partial charge in [0.25, 0.3) is 0 Å².